The van der Waals surface area contributed by atoms with Gasteiger partial charge in [-0.05, 0) is 37.3 Å². The number of ketones is 1. The molecule has 9 nitrogen and oxygen atoms in total. The van der Waals surface area contributed by atoms with Gasteiger partial charge in [-0.25, -0.2) is 0 Å². The molecule has 2 N–H and O–H groups in total. The lowest BCUT2D eigenvalue weighted by molar-refractivity contribution is -0.384. The predicted molar refractivity (Wildman–Crippen MR) is 121 cm³/mol. The largest absolute Gasteiger partial charge is 0.454 e. The van der Waals surface area contributed by atoms with Crippen LogP contribution >= 0.6 is 0 Å². The molecule has 0 heterocycles. The van der Waals surface area contributed by atoms with Gasteiger partial charge in [-0.2, -0.15) is 0 Å². The fourth-order valence-electron chi connectivity index (χ4n) is 2.66. The number of amides is 1. The smallest absolute Gasteiger partial charge is 0.308 e. The number of nitrogens with one attached hydrogen (secondary N) is 2. The first kappa shape index (κ1) is 24.5. The standard InChI is InChI=1S/C23H27N3O6/c1-15(21(28)16-9-11-17(12-10-16)25-22(29)23(2,3)4)32-20(27)13-14-24-18-7-5-6-8-19(18)26(30)31/h5-12,15,24H,13-14H2,1-4H3,(H,25,29). The summed E-state index contributed by atoms with van der Waals surface area (Å²) in [7, 11) is 0. The number of esters is 1. The van der Waals surface area contributed by atoms with Crippen molar-refractivity contribution >= 4 is 34.7 Å². The monoisotopic (exact) mass is 441 g/mol. The molecule has 1 amide bonds. The Morgan fingerprint density at radius 2 is 1.69 bits per heavy atom. The lowest BCUT2D eigenvalue weighted by Gasteiger charge is -2.18. The fourth-order valence-corrected chi connectivity index (χ4v) is 2.66. The van der Waals surface area contributed by atoms with E-state index >= 15 is 0 Å². The molecular weight excluding hydrogens is 414 g/mol. The lowest BCUT2D eigenvalue weighted by Crippen LogP contribution is -2.27. The number of hydrogen-bond donors (Lipinski definition) is 2. The Morgan fingerprint density at radius 1 is 1.06 bits per heavy atom. The Labute approximate surface area is 186 Å². The molecule has 32 heavy (non-hydrogen) atoms. The Hall–Kier alpha value is -3.75. The van der Waals surface area contributed by atoms with E-state index in [0.717, 1.165) is 0 Å². The second-order valence-electron chi connectivity index (χ2n) is 8.23. The number of carbonyl (C=O) groups is 3. The van der Waals surface area contributed by atoms with E-state index in [2.05, 4.69) is 10.6 Å². The normalized spacial score (nSPS) is 11.9. The van der Waals surface area contributed by atoms with Crippen molar-refractivity contribution in [3.8, 4) is 0 Å². The molecule has 0 radical (unpaired) electrons. The molecule has 0 saturated heterocycles. The maximum absolute atomic E-state index is 12.5. The van der Waals surface area contributed by atoms with Crippen LogP contribution in [0.3, 0.4) is 0 Å². The first-order chi connectivity index (χ1) is 15.0. The Bertz CT molecular complexity index is 996. The minimum Gasteiger partial charge on any atom is -0.454 e. The highest BCUT2D eigenvalue weighted by atomic mass is 16.6. The van der Waals surface area contributed by atoms with Crippen molar-refractivity contribution < 1.29 is 24.0 Å². The number of para-hydroxylation sites is 2. The lowest BCUT2D eigenvalue weighted by atomic mass is 9.95. The van der Waals surface area contributed by atoms with Gasteiger partial charge in [-0.3, -0.25) is 24.5 Å². The second-order valence-corrected chi connectivity index (χ2v) is 8.23. The molecule has 2 rings (SSSR count). The third-order valence-corrected chi connectivity index (χ3v) is 4.53. The number of carbonyl (C=O) groups excluding carboxylic acids is 3. The molecule has 0 aliphatic heterocycles. The van der Waals surface area contributed by atoms with Gasteiger partial charge in [-0.1, -0.05) is 32.9 Å². The van der Waals surface area contributed by atoms with Gasteiger partial charge in [0, 0.05) is 29.3 Å². The number of benzene rings is 2. The van der Waals surface area contributed by atoms with Gasteiger partial charge in [0.15, 0.2) is 6.10 Å². The minimum atomic E-state index is -0.997. The molecule has 0 aliphatic carbocycles. The Kier molecular flexibility index (Phi) is 8.06. The number of anilines is 2. The fraction of sp³-hybridized carbons (Fsp3) is 0.348. The van der Waals surface area contributed by atoms with Crippen LogP contribution in [-0.2, 0) is 14.3 Å². The second kappa shape index (κ2) is 10.5. The third kappa shape index (κ3) is 6.90. The van der Waals surface area contributed by atoms with Crippen molar-refractivity contribution in [3.05, 3.63) is 64.2 Å². The van der Waals surface area contributed by atoms with Crippen molar-refractivity contribution in [2.75, 3.05) is 17.2 Å². The summed E-state index contributed by atoms with van der Waals surface area (Å²) < 4.78 is 5.19. The topological polar surface area (TPSA) is 128 Å². The average molecular weight is 441 g/mol. The van der Waals surface area contributed by atoms with Crippen LogP contribution in [0.2, 0.25) is 0 Å². The van der Waals surface area contributed by atoms with Gasteiger partial charge in [-0.15, -0.1) is 0 Å². The Morgan fingerprint density at radius 3 is 2.28 bits per heavy atom. The summed E-state index contributed by atoms with van der Waals surface area (Å²) in [6.45, 7) is 6.99. The Balaban J connectivity index is 1.86. The molecule has 0 bridgehead atoms. The van der Waals surface area contributed by atoms with Gasteiger partial charge in [0.25, 0.3) is 5.69 Å². The molecule has 0 spiro atoms. The summed E-state index contributed by atoms with van der Waals surface area (Å²) in [6, 6.07) is 12.4. The van der Waals surface area contributed by atoms with Crippen LogP contribution in [0.15, 0.2) is 48.5 Å². The summed E-state index contributed by atoms with van der Waals surface area (Å²) in [5, 5.41) is 16.6. The van der Waals surface area contributed by atoms with E-state index < -0.39 is 22.4 Å². The zero-order valence-corrected chi connectivity index (χ0v) is 18.5. The van der Waals surface area contributed by atoms with E-state index in [0.29, 0.717) is 16.9 Å². The maximum Gasteiger partial charge on any atom is 0.308 e. The number of Topliss-reactive ketones (excluding diaryl/α,β-unsaturated/α-hetero) is 1. The number of nitro benzene ring substituents is 1. The molecule has 9 heteroatoms. The van der Waals surface area contributed by atoms with Gasteiger partial charge >= 0.3 is 5.97 Å². The van der Waals surface area contributed by atoms with Crippen molar-refractivity contribution in [3.63, 3.8) is 0 Å². The van der Waals surface area contributed by atoms with Crippen molar-refractivity contribution in [2.45, 2.75) is 40.2 Å². The van der Waals surface area contributed by atoms with Crippen LogP contribution in [0.1, 0.15) is 44.5 Å². The maximum atomic E-state index is 12.5. The van der Waals surface area contributed by atoms with Crippen LogP contribution in [0, 0.1) is 15.5 Å². The zero-order valence-electron chi connectivity index (χ0n) is 18.5. The van der Waals surface area contributed by atoms with E-state index in [1.165, 1.54) is 13.0 Å². The molecule has 2 aromatic rings. The van der Waals surface area contributed by atoms with Gasteiger partial charge in [0.1, 0.15) is 5.69 Å². The number of ether oxygens (including phenoxy) is 1. The number of nitrogens with zero attached hydrogens (tertiary/aromatic N) is 1. The molecule has 0 saturated carbocycles. The predicted octanol–water partition coefficient (Wildman–Crippen LogP) is 4.20. The van der Waals surface area contributed by atoms with Gasteiger partial charge < -0.3 is 15.4 Å². The zero-order chi connectivity index (χ0) is 23.9. The first-order valence-corrected chi connectivity index (χ1v) is 10.1. The van der Waals surface area contributed by atoms with Crippen LogP contribution in [0.4, 0.5) is 17.1 Å². The third-order valence-electron chi connectivity index (χ3n) is 4.53. The highest BCUT2D eigenvalue weighted by molar-refractivity contribution is 6.01. The van der Waals surface area contributed by atoms with Crippen LogP contribution in [0.25, 0.3) is 0 Å². The number of nitro groups is 1. The molecule has 170 valence electrons. The van der Waals surface area contributed by atoms with E-state index in [-0.39, 0.29) is 30.3 Å². The minimum absolute atomic E-state index is 0.0680. The van der Waals surface area contributed by atoms with E-state index in [9.17, 15) is 24.5 Å². The molecule has 0 aliphatic rings. The molecule has 1 atom stereocenters. The summed E-state index contributed by atoms with van der Waals surface area (Å²) in [5.41, 5.74) is 0.571. The highest BCUT2D eigenvalue weighted by Gasteiger charge is 2.22. The van der Waals surface area contributed by atoms with Crippen LogP contribution in [0.5, 0.6) is 0 Å². The molecule has 0 fully saturated rings. The van der Waals surface area contributed by atoms with Crippen LogP contribution in [-0.4, -0.2) is 35.2 Å². The van der Waals surface area contributed by atoms with Gasteiger partial charge in [0.05, 0.1) is 11.3 Å². The van der Waals surface area contributed by atoms with Crippen molar-refractivity contribution in [2.24, 2.45) is 5.41 Å². The molecule has 1 unspecified atom stereocenters. The first-order valence-electron chi connectivity index (χ1n) is 10.1. The quantitative estimate of drug-likeness (QED) is 0.258. The van der Waals surface area contributed by atoms with E-state index in [1.54, 1.807) is 63.2 Å². The molecule has 0 aromatic heterocycles. The van der Waals surface area contributed by atoms with Crippen molar-refractivity contribution in [1.29, 1.82) is 0 Å². The summed E-state index contributed by atoms with van der Waals surface area (Å²) in [6.07, 6.45) is -1.06. The molecule has 2 aromatic carbocycles. The number of hydrogen-bond acceptors (Lipinski definition) is 7. The average Bonchev–Trinajstić information content (AvgIpc) is 2.73. The summed E-state index contributed by atoms with van der Waals surface area (Å²) in [5.74, 6) is -1.13. The van der Waals surface area contributed by atoms with Gasteiger partial charge in [0.2, 0.25) is 11.7 Å². The SMILES string of the molecule is CC(OC(=O)CCNc1ccccc1[N+](=O)[O-])C(=O)c1ccc(NC(=O)C(C)(C)C)cc1. The highest BCUT2D eigenvalue weighted by Crippen LogP contribution is 2.23. The van der Waals surface area contributed by atoms with E-state index in [1.807, 2.05) is 0 Å². The summed E-state index contributed by atoms with van der Waals surface area (Å²) >= 11 is 0. The van der Waals surface area contributed by atoms with E-state index in [4.69, 9.17) is 4.74 Å². The number of rotatable bonds is 9. The van der Waals surface area contributed by atoms with Crippen LogP contribution < -0.4 is 10.6 Å². The van der Waals surface area contributed by atoms with Crippen molar-refractivity contribution in [1.82, 2.24) is 0 Å². The summed E-state index contributed by atoms with van der Waals surface area (Å²) in [4.78, 5) is 47.1. The molecular formula is C23H27N3O6.